The van der Waals surface area contributed by atoms with E-state index in [1.54, 1.807) is 0 Å². The van der Waals surface area contributed by atoms with E-state index >= 15 is 0 Å². The zero-order valence-electron chi connectivity index (χ0n) is 6.53. The molecule has 0 bridgehead atoms. The predicted molar refractivity (Wildman–Crippen MR) is 39.7 cm³/mol. The third kappa shape index (κ3) is 1.14. The first-order valence-electron chi connectivity index (χ1n) is 3.72. The Morgan fingerprint density at radius 1 is 1.80 bits per heavy atom. The highest BCUT2D eigenvalue weighted by molar-refractivity contribution is 5.87. The molecule has 1 saturated heterocycles. The summed E-state index contributed by atoms with van der Waals surface area (Å²) in [6.07, 6.45) is 0.902. The van der Waals surface area contributed by atoms with Crippen molar-refractivity contribution in [3.05, 3.63) is 0 Å². The van der Waals surface area contributed by atoms with Gasteiger partial charge in [-0.1, -0.05) is 6.92 Å². The van der Waals surface area contributed by atoms with Crippen molar-refractivity contribution in [2.24, 2.45) is 0 Å². The molecule has 1 aliphatic rings. The molecule has 1 fully saturated rings. The van der Waals surface area contributed by atoms with Gasteiger partial charge < -0.3 is 10.6 Å². The molecule has 3 nitrogen and oxygen atoms in total. The first-order valence-corrected chi connectivity index (χ1v) is 3.72. The van der Waals surface area contributed by atoms with Crippen LogP contribution in [0.5, 0.6) is 0 Å². The summed E-state index contributed by atoms with van der Waals surface area (Å²) >= 11 is 0. The van der Waals surface area contributed by atoms with Crippen molar-refractivity contribution in [2.75, 3.05) is 13.1 Å². The fraction of sp³-hybridized carbons (Fsp3) is 0.857. The standard InChI is InChI=1S/C7H14N2O/c1-3-9-7(2)4-5-8-6(7)10/h9H,3-5H2,1-2H3,(H,8,10). The number of carbonyl (C=O) groups excluding carboxylic acids is 1. The van der Waals surface area contributed by atoms with Gasteiger partial charge in [0.15, 0.2) is 0 Å². The molecule has 1 amide bonds. The summed E-state index contributed by atoms with van der Waals surface area (Å²) in [5.41, 5.74) is -0.297. The van der Waals surface area contributed by atoms with Crippen LogP contribution in [-0.2, 0) is 4.79 Å². The molecule has 0 radical (unpaired) electrons. The summed E-state index contributed by atoms with van der Waals surface area (Å²) in [7, 11) is 0. The lowest BCUT2D eigenvalue weighted by Crippen LogP contribution is -2.48. The zero-order chi connectivity index (χ0) is 7.61. The lowest BCUT2D eigenvalue weighted by Gasteiger charge is -2.20. The highest BCUT2D eigenvalue weighted by Crippen LogP contribution is 2.13. The summed E-state index contributed by atoms with van der Waals surface area (Å²) in [6.45, 7) is 5.61. The van der Waals surface area contributed by atoms with Gasteiger partial charge in [-0.3, -0.25) is 4.79 Å². The van der Waals surface area contributed by atoms with Gasteiger partial charge in [0.25, 0.3) is 0 Å². The minimum absolute atomic E-state index is 0.134. The Labute approximate surface area is 61.2 Å². The number of likely N-dealkylation sites (N-methyl/N-ethyl adjacent to an activating group) is 1. The molecular weight excluding hydrogens is 128 g/mol. The van der Waals surface area contributed by atoms with Gasteiger partial charge in [-0.05, 0) is 19.9 Å². The highest BCUT2D eigenvalue weighted by Gasteiger charge is 2.36. The van der Waals surface area contributed by atoms with E-state index in [9.17, 15) is 4.79 Å². The van der Waals surface area contributed by atoms with Gasteiger partial charge in [-0.15, -0.1) is 0 Å². The lowest BCUT2D eigenvalue weighted by molar-refractivity contribution is -0.124. The summed E-state index contributed by atoms with van der Waals surface area (Å²) < 4.78 is 0. The van der Waals surface area contributed by atoms with Gasteiger partial charge in [-0.25, -0.2) is 0 Å². The van der Waals surface area contributed by atoms with E-state index in [2.05, 4.69) is 10.6 Å². The van der Waals surface area contributed by atoms with Crippen molar-refractivity contribution < 1.29 is 4.79 Å². The zero-order valence-corrected chi connectivity index (χ0v) is 6.53. The van der Waals surface area contributed by atoms with Crippen molar-refractivity contribution in [1.82, 2.24) is 10.6 Å². The molecule has 0 aromatic heterocycles. The topological polar surface area (TPSA) is 41.1 Å². The second-order valence-electron chi connectivity index (χ2n) is 2.87. The van der Waals surface area contributed by atoms with Crippen molar-refractivity contribution in [3.8, 4) is 0 Å². The predicted octanol–water partition coefficient (Wildman–Crippen LogP) is -0.126. The molecule has 58 valence electrons. The third-order valence-electron chi connectivity index (χ3n) is 1.98. The molecule has 1 rings (SSSR count). The molecule has 1 unspecified atom stereocenters. The van der Waals surface area contributed by atoms with Gasteiger partial charge >= 0.3 is 0 Å². The average molecular weight is 142 g/mol. The lowest BCUT2D eigenvalue weighted by atomic mass is 10.0. The largest absolute Gasteiger partial charge is 0.354 e. The van der Waals surface area contributed by atoms with E-state index in [4.69, 9.17) is 0 Å². The van der Waals surface area contributed by atoms with E-state index in [1.165, 1.54) is 0 Å². The molecule has 0 spiro atoms. The van der Waals surface area contributed by atoms with Crippen LogP contribution in [0.4, 0.5) is 0 Å². The molecule has 1 heterocycles. The number of rotatable bonds is 2. The van der Waals surface area contributed by atoms with Gasteiger partial charge in [0, 0.05) is 6.54 Å². The van der Waals surface area contributed by atoms with Crippen LogP contribution in [0.25, 0.3) is 0 Å². The van der Waals surface area contributed by atoms with Gasteiger partial charge in [-0.2, -0.15) is 0 Å². The first kappa shape index (κ1) is 7.54. The smallest absolute Gasteiger partial charge is 0.240 e. The van der Waals surface area contributed by atoms with Crippen LogP contribution in [0, 0.1) is 0 Å². The van der Waals surface area contributed by atoms with Crippen molar-refractivity contribution in [2.45, 2.75) is 25.8 Å². The number of carbonyl (C=O) groups is 1. The number of hydrogen-bond donors (Lipinski definition) is 2. The molecule has 3 heteroatoms. The average Bonchev–Trinajstić information content (AvgIpc) is 2.15. The fourth-order valence-electron chi connectivity index (χ4n) is 1.29. The number of hydrogen-bond acceptors (Lipinski definition) is 2. The molecule has 1 atom stereocenters. The molecule has 10 heavy (non-hydrogen) atoms. The van der Waals surface area contributed by atoms with Crippen molar-refractivity contribution >= 4 is 5.91 Å². The summed E-state index contributed by atoms with van der Waals surface area (Å²) in [5, 5.41) is 5.95. The minimum atomic E-state index is -0.297. The monoisotopic (exact) mass is 142 g/mol. The van der Waals surface area contributed by atoms with Crippen LogP contribution in [0.3, 0.4) is 0 Å². The first-order chi connectivity index (χ1) is 4.69. The van der Waals surface area contributed by atoms with Crippen LogP contribution in [0.1, 0.15) is 20.3 Å². The van der Waals surface area contributed by atoms with E-state index in [1.807, 2.05) is 13.8 Å². The minimum Gasteiger partial charge on any atom is -0.354 e. The normalized spacial score (nSPS) is 32.4. The van der Waals surface area contributed by atoms with E-state index < -0.39 is 0 Å². The number of nitrogens with one attached hydrogen (secondary N) is 2. The Hall–Kier alpha value is -0.570. The van der Waals surface area contributed by atoms with Gasteiger partial charge in [0.05, 0.1) is 5.54 Å². The Kier molecular flexibility index (Phi) is 1.94. The Morgan fingerprint density at radius 2 is 2.50 bits per heavy atom. The maximum Gasteiger partial charge on any atom is 0.240 e. The Morgan fingerprint density at radius 3 is 2.90 bits per heavy atom. The second kappa shape index (κ2) is 2.58. The van der Waals surface area contributed by atoms with Gasteiger partial charge in [0.2, 0.25) is 5.91 Å². The SMILES string of the molecule is CCNC1(C)CCNC1=O. The summed E-state index contributed by atoms with van der Waals surface area (Å²) in [4.78, 5) is 11.1. The molecule has 0 aromatic rings. The second-order valence-corrected chi connectivity index (χ2v) is 2.87. The maximum absolute atomic E-state index is 11.1. The molecule has 0 saturated carbocycles. The van der Waals surface area contributed by atoms with Gasteiger partial charge in [0.1, 0.15) is 0 Å². The number of amides is 1. The molecule has 1 aliphatic heterocycles. The molecule has 0 aliphatic carbocycles. The third-order valence-corrected chi connectivity index (χ3v) is 1.98. The molecule has 0 aromatic carbocycles. The Balaban J connectivity index is 2.57. The molecule has 2 N–H and O–H groups in total. The summed E-state index contributed by atoms with van der Waals surface area (Å²) in [5.74, 6) is 0.134. The molecular formula is C7H14N2O. The van der Waals surface area contributed by atoms with Crippen LogP contribution in [-0.4, -0.2) is 24.5 Å². The van der Waals surface area contributed by atoms with E-state index in [0.717, 1.165) is 19.5 Å². The van der Waals surface area contributed by atoms with E-state index in [0.29, 0.717) is 0 Å². The fourth-order valence-corrected chi connectivity index (χ4v) is 1.29. The van der Waals surface area contributed by atoms with Crippen LogP contribution in [0.15, 0.2) is 0 Å². The highest BCUT2D eigenvalue weighted by atomic mass is 16.2. The maximum atomic E-state index is 11.1. The van der Waals surface area contributed by atoms with Crippen LogP contribution < -0.4 is 10.6 Å². The summed E-state index contributed by atoms with van der Waals surface area (Å²) in [6, 6.07) is 0. The van der Waals surface area contributed by atoms with Crippen molar-refractivity contribution in [1.29, 1.82) is 0 Å². The van der Waals surface area contributed by atoms with Crippen LogP contribution in [0.2, 0.25) is 0 Å². The van der Waals surface area contributed by atoms with Crippen molar-refractivity contribution in [3.63, 3.8) is 0 Å². The quantitative estimate of drug-likeness (QED) is 0.564. The Bertz CT molecular complexity index is 147. The van der Waals surface area contributed by atoms with E-state index in [-0.39, 0.29) is 11.4 Å². The van der Waals surface area contributed by atoms with Crippen LogP contribution >= 0.6 is 0 Å².